The quantitative estimate of drug-likeness (QED) is 0.465. The average Bonchev–Trinajstić information content (AvgIpc) is 2.64. The largest absolute Gasteiger partial charge is 0.354 e. The van der Waals surface area contributed by atoms with Gasteiger partial charge in [-0.1, -0.05) is 60.0 Å². The molecule has 0 unspecified atom stereocenters. The first-order valence-electron chi connectivity index (χ1n) is 9.39. The van der Waals surface area contributed by atoms with E-state index < -0.39 is 13.7 Å². The molecule has 0 aromatic carbocycles. The SMILES string of the molecule is CC#C[C@@]1(OCC)C(=O)C([Si](C(C)C)(C(C)C)C(C)C)=C(C)[C@H]1C. The smallest absolute Gasteiger partial charge is 0.199 e. The first-order valence-corrected chi connectivity index (χ1v) is 11.6. The molecule has 0 amide bonds. The van der Waals surface area contributed by atoms with Gasteiger partial charge in [-0.15, -0.1) is 5.92 Å². The molecule has 0 N–H and O–H groups in total. The third-order valence-corrected chi connectivity index (χ3v) is 13.4. The van der Waals surface area contributed by atoms with Gasteiger partial charge in [-0.2, -0.15) is 0 Å². The Bertz CT molecular complexity index is 553. The number of ketones is 1. The van der Waals surface area contributed by atoms with Crippen molar-refractivity contribution in [2.24, 2.45) is 5.92 Å². The van der Waals surface area contributed by atoms with Crippen molar-refractivity contribution in [2.75, 3.05) is 6.61 Å². The van der Waals surface area contributed by atoms with Crippen LogP contribution < -0.4 is 0 Å². The lowest BCUT2D eigenvalue weighted by Crippen LogP contribution is -2.52. The molecule has 0 aliphatic heterocycles. The minimum Gasteiger partial charge on any atom is -0.354 e. The van der Waals surface area contributed by atoms with Crippen LogP contribution >= 0.6 is 0 Å². The molecule has 0 spiro atoms. The van der Waals surface area contributed by atoms with Crippen molar-refractivity contribution in [3.8, 4) is 11.8 Å². The number of carbonyl (C=O) groups excluding carboxylic acids is 1. The molecule has 0 saturated heterocycles. The van der Waals surface area contributed by atoms with Crippen LogP contribution in [0.2, 0.25) is 16.6 Å². The highest BCUT2D eigenvalue weighted by Gasteiger charge is 2.59. The number of hydrogen-bond donors (Lipinski definition) is 0. The number of Topliss-reactive ketones (excluding diaryl/α,β-unsaturated/α-hetero) is 1. The van der Waals surface area contributed by atoms with E-state index in [4.69, 9.17) is 4.74 Å². The van der Waals surface area contributed by atoms with E-state index in [9.17, 15) is 4.79 Å². The summed E-state index contributed by atoms with van der Waals surface area (Å²) in [7, 11) is -2.03. The van der Waals surface area contributed by atoms with Gasteiger partial charge in [-0.25, -0.2) is 0 Å². The van der Waals surface area contributed by atoms with Crippen LogP contribution in [0, 0.1) is 17.8 Å². The zero-order valence-corrected chi connectivity index (χ0v) is 18.3. The molecule has 24 heavy (non-hydrogen) atoms. The standard InChI is InChI=1S/C21H36O2Si/c1-11-13-21(23-12-2)18(10)17(9)19(20(21)22)24(14(3)4,15(5)6)16(7)8/h14-16,18H,12H2,1-10H3/t18-,21+/m1/s1. The minimum atomic E-state index is -2.03. The maximum atomic E-state index is 13.7. The van der Waals surface area contributed by atoms with Crippen LogP contribution in [0.4, 0.5) is 0 Å². The van der Waals surface area contributed by atoms with Gasteiger partial charge in [-0.3, -0.25) is 4.79 Å². The van der Waals surface area contributed by atoms with Gasteiger partial charge in [0.05, 0.1) is 8.07 Å². The number of ether oxygens (including phenoxy) is 1. The second-order valence-electron chi connectivity index (χ2n) is 8.05. The van der Waals surface area contributed by atoms with E-state index in [2.05, 4.69) is 67.2 Å². The molecule has 0 heterocycles. The molecule has 1 aliphatic rings. The van der Waals surface area contributed by atoms with Crippen LogP contribution in [0.5, 0.6) is 0 Å². The number of hydrogen-bond acceptors (Lipinski definition) is 2. The molecular formula is C21H36O2Si. The lowest BCUT2D eigenvalue weighted by atomic mass is 9.88. The molecule has 0 fully saturated rings. The molecule has 0 radical (unpaired) electrons. The fraction of sp³-hybridized carbons (Fsp3) is 0.762. The van der Waals surface area contributed by atoms with Crippen molar-refractivity contribution in [2.45, 2.75) is 91.5 Å². The van der Waals surface area contributed by atoms with Crippen molar-refractivity contribution < 1.29 is 9.53 Å². The predicted octanol–water partition coefficient (Wildman–Crippen LogP) is 5.54. The van der Waals surface area contributed by atoms with Crippen molar-refractivity contribution in [1.82, 2.24) is 0 Å². The minimum absolute atomic E-state index is 0.0236. The highest BCUT2D eigenvalue weighted by Crippen LogP contribution is 2.53. The normalized spacial score (nSPS) is 25.0. The van der Waals surface area contributed by atoms with Gasteiger partial charge in [-0.05, 0) is 42.6 Å². The molecule has 0 bridgehead atoms. The lowest BCUT2D eigenvalue weighted by molar-refractivity contribution is -0.133. The Morgan fingerprint density at radius 3 is 1.92 bits per heavy atom. The summed E-state index contributed by atoms with van der Waals surface area (Å²) in [6.07, 6.45) is 0. The summed E-state index contributed by atoms with van der Waals surface area (Å²) >= 11 is 0. The van der Waals surface area contributed by atoms with Crippen LogP contribution in [0.25, 0.3) is 0 Å². The van der Waals surface area contributed by atoms with Crippen molar-refractivity contribution >= 4 is 13.9 Å². The van der Waals surface area contributed by atoms with Gasteiger partial charge in [0.2, 0.25) is 0 Å². The van der Waals surface area contributed by atoms with Gasteiger partial charge in [0.25, 0.3) is 0 Å². The Hall–Kier alpha value is -0.853. The summed E-state index contributed by atoms with van der Waals surface area (Å²) in [4.78, 5) is 13.7. The van der Waals surface area contributed by atoms with Gasteiger partial charge in [0.15, 0.2) is 11.4 Å². The van der Waals surface area contributed by atoms with Crippen molar-refractivity contribution in [3.05, 3.63) is 10.8 Å². The molecule has 1 rings (SSSR count). The van der Waals surface area contributed by atoms with Crippen molar-refractivity contribution in [1.29, 1.82) is 0 Å². The fourth-order valence-electron chi connectivity index (χ4n) is 5.29. The van der Waals surface area contributed by atoms with Crippen molar-refractivity contribution in [3.63, 3.8) is 0 Å². The zero-order valence-electron chi connectivity index (χ0n) is 17.3. The Labute approximate surface area is 150 Å². The molecule has 1 aliphatic carbocycles. The van der Waals surface area contributed by atoms with E-state index in [-0.39, 0.29) is 11.7 Å². The van der Waals surface area contributed by atoms with Crippen LogP contribution in [-0.4, -0.2) is 26.1 Å². The first-order chi connectivity index (χ1) is 11.0. The van der Waals surface area contributed by atoms with Crippen LogP contribution in [0.3, 0.4) is 0 Å². The maximum absolute atomic E-state index is 13.7. The maximum Gasteiger partial charge on any atom is 0.199 e. The summed E-state index contributed by atoms with van der Waals surface area (Å²) in [6, 6.07) is 0. The number of carbonyl (C=O) groups is 1. The van der Waals surface area contributed by atoms with E-state index >= 15 is 0 Å². The summed E-state index contributed by atoms with van der Waals surface area (Å²) in [5, 5.41) is 1.12. The highest BCUT2D eigenvalue weighted by atomic mass is 28.3. The van der Waals surface area contributed by atoms with Gasteiger partial charge in [0.1, 0.15) is 0 Å². The molecule has 0 aromatic heterocycles. The topological polar surface area (TPSA) is 26.3 Å². The van der Waals surface area contributed by atoms with E-state index in [1.807, 2.05) is 6.92 Å². The fourth-order valence-corrected chi connectivity index (χ4v) is 12.5. The Morgan fingerprint density at radius 1 is 1.12 bits per heavy atom. The molecule has 136 valence electrons. The summed E-state index contributed by atoms with van der Waals surface area (Å²) in [6.45, 7) is 22.3. The van der Waals surface area contributed by atoms with E-state index in [0.29, 0.717) is 23.2 Å². The number of rotatable bonds is 6. The van der Waals surface area contributed by atoms with Gasteiger partial charge in [0, 0.05) is 12.5 Å². The average molecular weight is 349 g/mol. The molecular weight excluding hydrogens is 312 g/mol. The third kappa shape index (κ3) is 2.82. The summed E-state index contributed by atoms with van der Waals surface area (Å²) < 4.78 is 6.05. The van der Waals surface area contributed by atoms with E-state index in [1.54, 1.807) is 6.92 Å². The predicted molar refractivity (Wildman–Crippen MR) is 106 cm³/mol. The van der Waals surface area contributed by atoms with Gasteiger partial charge < -0.3 is 4.74 Å². The molecule has 2 nitrogen and oxygen atoms in total. The third-order valence-electron chi connectivity index (χ3n) is 6.20. The second kappa shape index (κ2) is 7.58. The van der Waals surface area contributed by atoms with Crippen LogP contribution in [-0.2, 0) is 9.53 Å². The zero-order chi connectivity index (χ0) is 18.9. The molecule has 2 atom stereocenters. The van der Waals surface area contributed by atoms with E-state index in [1.165, 1.54) is 5.57 Å². The Balaban J connectivity index is 3.73. The Kier molecular flexibility index (Phi) is 6.69. The molecule has 0 saturated carbocycles. The van der Waals surface area contributed by atoms with Gasteiger partial charge >= 0.3 is 0 Å². The van der Waals surface area contributed by atoms with E-state index in [0.717, 1.165) is 5.20 Å². The lowest BCUT2D eigenvalue weighted by Gasteiger charge is -2.44. The summed E-state index contributed by atoms with van der Waals surface area (Å²) in [5.41, 5.74) is 1.76. The second-order valence-corrected chi connectivity index (χ2v) is 13.9. The Morgan fingerprint density at radius 2 is 1.58 bits per heavy atom. The monoisotopic (exact) mass is 348 g/mol. The van der Waals surface area contributed by atoms with Crippen LogP contribution in [0.1, 0.15) is 69.2 Å². The highest BCUT2D eigenvalue weighted by molar-refractivity contribution is 6.94. The first kappa shape index (κ1) is 21.2. The molecule has 0 aromatic rings. The summed E-state index contributed by atoms with van der Waals surface area (Å²) in [5.74, 6) is 6.32. The van der Waals surface area contributed by atoms with Crippen LogP contribution in [0.15, 0.2) is 10.8 Å². The molecule has 3 heteroatoms.